The molecule has 28 heavy (non-hydrogen) atoms. The summed E-state index contributed by atoms with van der Waals surface area (Å²) in [6.45, 7) is 0. The van der Waals surface area contributed by atoms with Crippen molar-refractivity contribution in [2.45, 2.75) is 12.6 Å². The van der Waals surface area contributed by atoms with E-state index in [0.717, 1.165) is 38.8 Å². The van der Waals surface area contributed by atoms with Gasteiger partial charge in [0, 0.05) is 29.4 Å². The molecule has 7 nitrogen and oxygen atoms in total. The molecular formula is C20H18FN5O2. The Morgan fingerprint density at radius 1 is 1.29 bits per heavy atom. The molecule has 1 amide bonds. The molecule has 1 saturated carbocycles. The van der Waals surface area contributed by atoms with Gasteiger partial charge in [-0.2, -0.15) is 5.10 Å². The maximum atomic E-state index is 13.1. The Hall–Kier alpha value is -3.42. The number of hydrogen-bond acceptors (Lipinski definition) is 4. The first-order chi connectivity index (χ1) is 13.5. The molecule has 3 aromatic heterocycles. The van der Waals surface area contributed by atoms with Crippen LogP contribution in [-0.4, -0.2) is 38.9 Å². The molecule has 2 atom stereocenters. The van der Waals surface area contributed by atoms with Gasteiger partial charge in [-0.3, -0.25) is 9.89 Å². The van der Waals surface area contributed by atoms with Crippen LogP contribution in [0.3, 0.4) is 0 Å². The van der Waals surface area contributed by atoms with Gasteiger partial charge in [0.25, 0.3) is 0 Å². The van der Waals surface area contributed by atoms with Crippen molar-refractivity contribution in [3.8, 4) is 17.0 Å². The molecule has 0 saturated heterocycles. The number of methoxy groups -OCH3 is 1. The molecule has 1 fully saturated rings. The molecule has 142 valence electrons. The van der Waals surface area contributed by atoms with Gasteiger partial charge < -0.3 is 14.6 Å². The number of aryl methyl sites for hydroxylation is 1. The number of aromatic nitrogens is 4. The van der Waals surface area contributed by atoms with Gasteiger partial charge in [-0.1, -0.05) is 0 Å². The lowest BCUT2D eigenvalue weighted by Crippen LogP contribution is -2.15. The predicted octanol–water partition coefficient (Wildman–Crippen LogP) is 3.42. The van der Waals surface area contributed by atoms with Crippen LogP contribution < -0.4 is 10.1 Å². The second-order valence-corrected chi connectivity index (χ2v) is 7.07. The summed E-state index contributed by atoms with van der Waals surface area (Å²) >= 11 is 0. The van der Waals surface area contributed by atoms with Crippen LogP contribution in [0.5, 0.6) is 5.75 Å². The van der Waals surface area contributed by atoms with Crippen molar-refractivity contribution in [1.82, 2.24) is 19.7 Å². The first kappa shape index (κ1) is 16.7. The molecule has 4 aromatic rings. The van der Waals surface area contributed by atoms with E-state index in [9.17, 15) is 9.18 Å². The summed E-state index contributed by atoms with van der Waals surface area (Å²) < 4.78 is 20.7. The number of amides is 1. The molecule has 0 radical (unpaired) electrons. The summed E-state index contributed by atoms with van der Waals surface area (Å²) in [6, 6.07) is 7.76. The monoisotopic (exact) mass is 379 g/mol. The second kappa shape index (κ2) is 6.05. The number of fused-ring (bicyclic) bond motifs is 2. The first-order valence-electron chi connectivity index (χ1n) is 8.97. The SMILES string of the molecule is COc1cc2[nH]ncc2cc1-c1cc2cc(NC(=O)[C@@H]3C[C@@H]3F)ncc2n1C. The third-order valence-corrected chi connectivity index (χ3v) is 5.27. The van der Waals surface area contributed by atoms with Crippen LogP contribution >= 0.6 is 0 Å². The van der Waals surface area contributed by atoms with E-state index in [0.29, 0.717) is 12.2 Å². The molecular weight excluding hydrogens is 361 g/mol. The molecule has 0 aliphatic heterocycles. The van der Waals surface area contributed by atoms with Crippen molar-refractivity contribution >= 4 is 33.5 Å². The number of aromatic amines is 1. The highest BCUT2D eigenvalue weighted by atomic mass is 19.1. The topological polar surface area (TPSA) is 84.8 Å². The summed E-state index contributed by atoms with van der Waals surface area (Å²) in [6.07, 6.45) is 2.74. The Kier molecular flexibility index (Phi) is 3.61. The Balaban J connectivity index is 1.57. The summed E-state index contributed by atoms with van der Waals surface area (Å²) in [5, 5.41) is 11.6. The number of carbonyl (C=O) groups excluding carboxylic acids is 1. The fraction of sp³-hybridized carbons (Fsp3) is 0.250. The second-order valence-electron chi connectivity index (χ2n) is 7.07. The van der Waals surface area contributed by atoms with E-state index in [4.69, 9.17) is 4.74 Å². The fourth-order valence-corrected chi connectivity index (χ4v) is 3.56. The Bertz CT molecular complexity index is 1230. The lowest BCUT2D eigenvalue weighted by atomic mass is 10.1. The highest BCUT2D eigenvalue weighted by molar-refractivity contribution is 5.97. The summed E-state index contributed by atoms with van der Waals surface area (Å²) in [5.41, 5.74) is 3.69. The lowest BCUT2D eigenvalue weighted by Gasteiger charge is -2.10. The van der Waals surface area contributed by atoms with E-state index < -0.39 is 12.1 Å². The molecule has 0 bridgehead atoms. The normalized spacial score (nSPS) is 18.5. The number of benzene rings is 1. The molecule has 0 spiro atoms. The minimum absolute atomic E-state index is 0.292. The van der Waals surface area contributed by atoms with Crippen LogP contribution in [0.15, 0.2) is 36.7 Å². The molecule has 3 heterocycles. The Morgan fingerprint density at radius 3 is 2.86 bits per heavy atom. The zero-order valence-corrected chi connectivity index (χ0v) is 15.4. The number of halogens is 1. The van der Waals surface area contributed by atoms with Gasteiger partial charge in [0.05, 0.1) is 42.1 Å². The van der Waals surface area contributed by atoms with Gasteiger partial charge in [0.2, 0.25) is 5.91 Å². The van der Waals surface area contributed by atoms with Crippen molar-refractivity contribution in [3.05, 3.63) is 36.7 Å². The number of ether oxygens (including phenoxy) is 1. The Labute approximate surface area is 159 Å². The van der Waals surface area contributed by atoms with Crippen LogP contribution in [0.1, 0.15) is 6.42 Å². The van der Waals surface area contributed by atoms with Crippen LogP contribution in [0, 0.1) is 5.92 Å². The van der Waals surface area contributed by atoms with Gasteiger partial charge in [-0.15, -0.1) is 0 Å². The number of pyridine rings is 1. The van der Waals surface area contributed by atoms with Crippen LogP contribution in [0.4, 0.5) is 10.2 Å². The molecule has 8 heteroatoms. The van der Waals surface area contributed by atoms with Crippen LogP contribution in [0.25, 0.3) is 33.1 Å². The first-order valence-corrected chi connectivity index (χ1v) is 8.97. The van der Waals surface area contributed by atoms with Gasteiger partial charge in [0.1, 0.15) is 17.7 Å². The average Bonchev–Trinajstić information content (AvgIpc) is 3.11. The van der Waals surface area contributed by atoms with Gasteiger partial charge in [0.15, 0.2) is 0 Å². The highest BCUT2D eigenvalue weighted by Gasteiger charge is 2.43. The minimum Gasteiger partial charge on any atom is -0.496 e. The van der Waals surface area contributed by atoms with Crippen molar-refractivity contribution < 1.29 is 13.9 Å². The van der Waals surface area contributed by atoms with Gasteiger partial charge >= 0.3 is 0 Å². The summed E-state index contributed by atoms with van der Waals surface area (Å²) in [7, 11) is 3.59. The zero-order valence-electron chi connectivity index (χ0n) is 15.4. The minimum atomic E-state index is -1.03. The lowest BCUT2D eigenvalue weighted by molar-refractivity contribution is -0.117. The summed E-state index contributed by atoms with van der Waals surface area (Å²) in [4.78, 5) is 16.3. The molecule has 1 aromatic carbocycles. The molecule has 2 N–H and O–H groups in total. The van der Waals surface area contributed by atoms with E-state index in [1.807, 2.05) is 29.8 Å². The van der Waals surface area contributed by atoms with Crippen molar-refractivity contribution in [3.63, 3.8) is 0 Å². The maximum Gasteiger partial charge on any atom is 0.231 e. The van der Waals surface area contributed by atoms with Crippen molar-refractivity contribution in [2.24, 2.45) is 13.0 Å². The number of alkyl halides is 1. The molecule has 1 aliphatic rings. The third kappa shape index (κ3) is 2.60. The fourth-order valence-electron chi connectivity index (χ4n) is 3.56. The van der Waals surface area contributed by atoms with E-state index in [1.54, 1.807) is 25.6 Å². The van der Waals surface area contributed by atoms with E-state index in [2.05, 4.69) is 20.5 Å². The molecule has 1 aliphatic carbocycles. The predicted molar refractivity (Wildman–Crippen MR) is 104 cm³/mol. The average molecular weight is 379 g/mol. The van der Waals surface area contributed by atoms with Crippen molar-refractivity contribution in [1.29, 1.82) is 0 Å². The number of H-pyrrole nitrogens is 1. The number of hydrogen-bond donors (Lipinski definition) is 2. The standard InChI is InChI=1S/C20H18FN5O2/c1-26-16(13-3-11-8-23-25-15(11)7-18(13)28-2)4-10-5-19(22-9-17(10)26)24-20(27)12-6-14(12)21/h3-5,7-9,12,14H,6H2,1-2H3,(H,23,25)(H,22,24,27)/t12-,14+/m1/s1. The molecule has 0 unspecified atom stereocenters. The quantitative estimate of drug-likeness (QED) is 0.569. The van der Waals surface area contributed by atoms with Crippen LogP contribution in [0.2, 0.25) is 0 Å². The number of rotatable bonds is 4. The largest absolute Gasteiger partial charge is 0.496 e. The zero-order chi connectivity index (χ0) is 19.4. The Morgan fingerprint density at radius 2 is 2.11 bits per heavy atom. The number of anilines is 1. The van der Waals surface area contributed by atoms with Crippen LogP contribution in [-0.2, 0) is 11.8 Å². The highest BCUT2D eigenvalue weighted by Crippen LogP contribution is 2.37. The number of nitrogens with zero attached hydrogens (tertiary/aromatic N) is 3. The molecule has 5 rings (SSSR count). The van der Waals surface area contributed by atoms with E-state index >= 15 is 0 Å². The number of carbonyl (C=O) groups is 1. The maximum absolute atomic E-state index is 13.1. The van der Waals surface area contributed by atoms with Crippen molar-refractivity contribution in [2.75, 3.05) is 12.4 Å². The summed E-state index contributed by atoms with van der Waals surface area (Å²) in [5.74, 6) is 0.287. The smallest absolute Gasteiger partial charge is 0.231 e. The third-order valence-electron chi connectivity index (χ3n) is 5.27. The van der Waals surface area contributed by atoms with E-state index in [-0.39, 0.29) is 5.91 Å². The van der Waals surface area contributed by atoms with E-state index in [1.165, 1.54) is 0 Å². The number of nitrogens with one attached hydrogen (secondary N) is 2. The van der Waals surface area contributed by atoms with Gasteiger partial charge in [-0.25, -0.2) is 9.37 Å². The van der Waals surface area contributed by atoms with Gasteiger partial charge in [-0.05, 0) is 24.6 Å².